The summed E-state index contributed by atoms with van der Waals surface area (Å²) in [6.45, 7) is 1.85. The van der Waals surface area contributed by atoms with Gasteiger partial charge >= 0.3 is 5.97 Å². The summed E-state index contributed by atoms with van der Waals surface area (Å²) >= 11 is 12.6. The Morgan fingerprint density at radius 1 is 1.47 bits per heavy atom. The predicted octanol–water partition coefficient (Wildman–Crippen LogP) is 2.40. The quantitative estimate of drug-likeness (QED) is 0.914. The van der Waals surface area contributed by atoms with Gasteiger partial charge in [0.1, 0.15) is 9.23 Å². The fourth-order valence-corrected chi connectivity index (χ4v) is 5.76. The molecular formula is C10H11Cl2NO4S2. The van der Waals surface area contributed by atoms with Crippen LogP contribution in [0.2, 0.25) is 8.67 Å². The van der Waals surface area contributed by atoms with Gasteiger partial charge in [-0.15, -0.1) is 11.3 Å². The smallest absolute Gasteiger partial charge is 0.308 e. The third-order valence-corrected chi connectivity index (χ3v) is 6.72. The minimum Gasteiger partial charge on any atom is -0.481 e. The van der Waals surface area contributed by atoms with Crippen LogP contribution in [0.1, 0.15) is 6.92 Å². The minimum atomic E-state index is -3.78. The Labute approximate surface area is 124 Å². The van der Waals surface area contributed by atoms with Crippen molar-refractivity contribution in [2.24, 2.45) is 11.8 Å². The molecule has 2 rings (SSSR count). The van der Waals surface area contributed by atoms with Crippen molar-refractivity contribution in [2.75, 3.05) is 13.1 Å². The molecule has 0 radical (unpaired) electrons. The number of rotatable bonds is 3. The minimum absolute atomic E-state index is 0.0391. The number of carboxylic acids is 1. The van der Waals surface area contributed by atoms with Crippen LogP contribution in [0.15, 0.2) is 11.0 Å². The van der Waals surface area contributed by atoms with Crippen molar-refractivity contribution in [3.63, 3.8) is 0 Å². The monoisotopic (exact) mass is 343 g/mol. The molecule has 0 amide bonds. The van der Waals surface area contributed by atoms with Crippen LogP contribution in [0.5, 0.6) is 0 Å². The third-order valence-electron chi connectivity index (χ3n) is 3.14. The van der Waals surface area contributed by atoms with Crippen molar-refractivity contribution in [3.8, 4) is 0 Å². The first-order valence-corrected chi connectivity index (χ1v) is 8.42. The van der Waals surface area contributed by atoms with Crippen molar-refractivity contribution in [2.45, 2.75) is 11.8 Å². The number of aliphatic carboxylic acids is 1. The highest BCUT2D eigenvalue weighted by Crippen LogP contribution is 2.37. The van der Waals surface area contributed by atoms with E-state index in [-0.39, 0.29) is 32.6 Å². The normalized spacial score (nSPS) is 24.8. The number of carboxylic acid groups (broad SMARTS) is 1. The Morgan fingerprint density at radius 2 is 2.11 bits per heavy atom. The zero-order valence-electron chi connectivity index (χ0n) is 9.84. The van der Waals surface area contributed by atoms with Gasteiger partial charge in [0.25, 0.3) is 0 Å². The van der Waals surface area contributed by atoms with Gasteiger partial charge < -0.3 is 5.11 Å². The first-order valence-electron chi connectivity index (χ1n) is 5.41. The summed E-state index contributed by atoms with van der Waals surface area (Å²) in [4.78, 5) is 11.0. The van der Waals surface area contributed by atoms with Crippen LogP contribution in [-0.4, -0.2) is 36.9 Å². The molecule has 1 aromatic heterocycles. The fourth-order valence-electron chi connectivity index (χ4n) is 2.08. The second kappa shape index (κ2) is 5.21. The Hall–Kier alpha value is -0.340. The lowest BCUT2D eigenvalue weighted by Crippen LogP contribution is -2.30. The molecule has 1 aliphatic heterocycles. The lowest BCUT2D eigenvalue weighted by molar-refractivity contribution is -0.142. The average Bonchev–Trinajstić information content (AvgIpc) is 2.82. The van der Waals surface area contributed by atoms with Crippen molar-refractivity contribution in [3.05, 3.63) is 14.7 Å². The van der Waals surface area contributed by atoms with Crippen LogP contribution in [-0.2, 0) is 14.8 Å². The second-order valence-corrected chi connectivity index (χ2v) is 8.62. The first-order chi connectivity index (χ1) is 8.73. The molecule has 2 unspecified atom stereocenters. The van der Waals surface area contributed by atoms with E-state index in [0.29, 0.717) is 0 Å². The molecule has 2 atom stereocenters. The summed E-state index contributed by atoms with van der Waals surface area (Å²) in [5, 5.41) is 9.03. The molecule has 1 fully saturated rings. The first kappa shape index (κ1) is 15.1. The number of halogens is 2. The number of nitrogens with zero attached hydrogens (tertiary/aromatic N) is 1. The molecule has 5 nitrogen and oxygen atoms in total. The molecule has 0 aromatic carbocycles. The molecule has 1 aromatic rings. The molecule has 0 spiro atoms. The Kier molecular flexibility index (Phi) is 4.13. The van der Waals surface area contributed by atoms with E-state index in [0.717, 1.165) is 15.6 Å². The van der Waals surface area contributed by atoms with Gasteiger partial charge in [-0.2, -0.15) is 4.31 Å². The molecule has 0 aliphatic carbocycles. The van der Waals surface area contributed by atoms with Gasteiger partial charge in [-0.3, -0.25) is 4.79 Å². The number of hydrogen-bond acceptors (Lipinski definition) is 4. The van der Waals surface area contributed by atoms with Crippen LogP contribution >= 0.6 is 34.5 Å². The maximum atomic E-state index is 12.4. The van der Waals surface area contributed by atoms with Crippen LogP contribution in [0.4, 0.5) is 0 Å². The molecule has 106 valence electrons. The molecule has 2 heterocycles. The van der Waals surface area contributed by atoms with Crippen LogP contribution in [0, 0.1) is 11.8 Å². The summed E-state index contributed by atoms with van der Waals surface area (Å²) in [5.74, 6) is -1.91. The zero-order valence-corrected chi connectivity index (χ0v) is 13.0. The lowest BCUT2D eigenvalue weighted by atomic mass is 9.99. The maximum absolute atomic E-state index is 12.4. The summed E-state index contributed by atoms with van der Waals surface area (Å²) in [6.07, 6.45) is 0. The van der Waals surface area contributed by atoms with Crippen LogP contribution < -0.4 is 0 Å². The van der Waals surface area contributed by atoms with Gasteiger partial charge in [0, 0.05) is 13.1 Å². The van der Waals surface area contributed by atoms with E-state index in [9.17, 15) is 13.2 Å². The summed E-state index contributed by atoms with van der Waals surface area (Å²) in [5.41, 5.74) is 0. The molecule has 1 aliphatic rings. The molecule has 9 heteroatoms. The van der Waals surface area contributed by atoms with Crippen molar-refractivity contribution < 1.29 is 18.3 Å². The highest BCUT2D eigenvalue weighted by atomic mass is 35.5. The van der Waals surface area contributed by atoms with Gasteiger partial charge in [0.2, 0.25) is 10.0 Å². The third kappa shape index (κ3) is 2.75. The number of hydrogen-bond donors (Lipinski definition) is 1. The maximum Gasteiger partial charge on any atom is 0.308 e. The Bertz CT molecular complexity index is 613. The zero-order chi connectivity index (χ0) is 14.4. The van der Waals surface area contributed by atoms with E-state index in [1.54, 1.807) is 6.92 Å². The topological polar surface area (TPSA) is 74.7 Å². The van der Waals surface area contributed by atoms with Crippen molar-refractivity contribution in [1.82, 2.24) is 4.31 Å². The summed E-state index contributed by atoms with van der Waals surface area (Å²) < 4.78 is 26.3. The van der Waals surface area contributed by atoms with Crippen LogP contribution in [0.25, 0.3) is 0 Å². The van der Waals surface area contributed by atoms with Gasteiger partial charge in [0.15, 0.2) is 0 Å². The van der Waals surface area contributed by atoms with E-state index >= 15 is 0 Å². The number of sulfonamides is 1. The van der Waals surface area contributed by atoms with E-state index in [1.807, 2.05) is 0 Å². The number of thiophene rings is 1. The SMILES string of the molecule is CC1CN(S(=O)(=O)c2cc(Cl)sc2Cl)CC1C(=O)O. The Balaban J connectivity index is 2.32. The Morgan fingerprint density at radius 3 is 2.53 bits per heavy atom. The highest BCUT2D eigenvalue weighted by Gasteiger charge is 2.41. The fraction of sp³-hybridized carbons (Fsp3) is 0.500. The van der Waals surface area contributed by atoms with Crippen molar-refractivity contribution >= 4 is 50.5 Å². The molecule has 19 heavy (non-hydrogen) atoms. The molecule has 0 saturated carbocycles. The predicted molar refractivity (Wildman–Crippen MR) is 73.4 cm³/mol. The highest BCUT2D eigenvalue weighted by molar-refractivity contribution is 7.89. The van der Waals surface area contributed by atoms with E-state index in [4.69, 9.17) is 28.3 Å². The molecular weight excluding hydrogens is 333 g/mol. The lowest BCUT2D eigenvalue weighted by Gasteiger charge is -2.15. The van der Waals surface area contributed by atoms with Gasteiger partial charge in [-0.05, 0) is 12.0 Å². The van der Waals surface area contributed by atoms with Gasteiger partial charge in [-0.1, -0.05) is 30.1 Å². The van der Waals surface area contributed by atoms with Crippen molar-refractivity contribution in [1.29, 1.82) is 0 Å². The van der Waals surface area contributed by atoms with E-state index in [1.165, 1.54) is 6.07 Å². The molecule has 1 saturated heterocycles. The largest absolute Gasteiger partial charge is 0.481 e. The summed E-state index contributed by atoms with van der Waals surface area (Å²) in [7, 11) is -3.78. The second-order valence-electron chi connectivity index (χ2n) is 4.43. The van der Waals surface area contributed by atoms with Gasteiger partial charge in [0.05, 0.1) is 10.3 Å². The average molecular weight is 344 g/mol. The van der Waals surface area contributed by atoms with E-state index < -0.39 is 21.9 Å². The standard InChI is InChI=1S/C10H11Cl2NO4S2/c1-5-3-13(4-6(5)10(14)15)19(16,17)7-2-8(11)18-9(7)12/h2,5-6H,3-4H2,1H3,(H,14,15). The van der Waals surface area contributed by atoms with Gasteiger partial charge in [-0.25, -0.2) is 8.42 Å². The molecule has 1 N–H and O–H groups in total. The van der Waals surface area contributed by atoms with Crippen LogP contribution in [0.3, 0.4) is 0 Å². The summed E-state index contributed by atoms with van der Waals surface area (Å²) in [6, 6.07) is 1.29. The molecule has 0 bridgehead atoms. The number of carbonyl (C=O) groups is 1. The van der Waals surface area contributed by atoms with E-state index in [2.05, 4.69) is 0 Å².